The van der Waals surface area contributed by atoms with Gasteiger partial charge in [0.05, 0.1) is 12.8 Å². The second kappa shape index (κ2) is 4.65. The van der Waals surface area contributed by atoms with Gasteiger partial charge in [-0.2, -0.15) is 0 Å². The zero-order chi connectivity index (χ0) is 13.2. The van der Waals surface area contributed by atoms with Crippen molar-refractivity contribution in [3.05, 3.63) is 48.5 Å². The van der Waals surface area contributed by atoms with Crippen molar-refractivity contribution in [3.63, 3.8) is 0 Å². The van der Waals surface area contributed by atoms with Gasteiger partial charge in [0.1, 0.15) is 11.5 Å². The van der Waals surface area contributed by atoms with Crippen molar-refractivity contribution in [2.75, 3.05) is 18.6 Å². The van der Waals surface area contributed by atoms with Crippen LogP contribution >= 0.6 is 0 Å². The molecule has 0 saturated heterocycles. The van der Waals surface area contributed by atoms with E-state index in [1.54, 1.807) is 12.0 Å². The summed E-state index contributed by atoms with van der Waals surface area (Å²) in [6.07, 6.45) is 0. The first kappa shape index (κ1) is 11.6. The summed E-state index contributed by atoms with van der Waals surface area (Å²) in [6.45, 7) is 0.0586. The van der Waals surface area contributed by atoms with Gasteiger partial charge in [-0.05, 0) is 36.4 Å². The van der Waals surface area contributed by atoms with E-state index in [2.05, 4.69) is 0 Å². The molecule has 96 valence electrons. The number of carbonyl (C=O) groups excluding carboxylic acids is 1. The lowest BCUT2D eigenvalue weighted by Crippen LogP contribution is -2.34. The first-order valence-corrected chi connectivity index (χ1v) is 5.98. The van der Waals surface area contributed by atoms with Gasteiger partial charge in [0.2, 0.25) is 0 Å². The van der Waals surface area contributed by atoms with E-state index in [9.17, 15) is 4.79 Å². The number of methoxy groups -OCH3 is 1. The number of ether oxygens (including phenoxy) is 2. The van der Waals surface area contributed by atoms with Crippen molar-refractivity contribution in [1.29, 1.82) is 0 Å². The zero-order valence-electron chi connectivity index (χ0n) is 10.5. The molecule has 0 atom stereocenters. The van der Waals surface area contributed by atoms with Crippen LogP contribution in [0.15, 0.2) is 48.5 Å². The van der Waals surface area contributed by atoms with Gasteiger partial charge < -0.3 is 9.47 Å². The Morgan fingerprint density at radius 3 is 2.58 bits per heavy atom. The maximum Gasteiger partial charge on any atom is 0.269 e. The summed E-state index contributed by atoms with van der Waals surface area (Å²) in [5.41, 5.74) is 1.57. The maximum atomic E-state index is 12.1. The van der Waals surface area contributed by atoms with E-state index in [1.165, 1.54) is 0 Å². The van der Waals surface area contributed by atoms with Crippen molar-refractivity contribution < 1.29 is 14.3 Å². The zero-order valence-corrected chi connectivity index (χ0v) is 10.5. The molecule has 1 amide bonds. The van der Waals surface area contributed by atoms with Crippen molar-refractivity contribution in [1.82, 2.24) is 0 Å². The number of fused-ring (bicyclic) bond motifs is 1. The van der Waals surface area contributed by atoms with E-state index in [1.807, 2.05) is 48.5 Å². The van der Waals surface area contributed by atoms with Gasteiger partial charge in [-0.25, -0.2) is 0 Å². The second-order valence-electron chi connectivity index (χ2n) is 4.18. The van der Waals surface area contributed by atoms with Crippen molar-refractivity contribution in [2.24, 2.45) is 0 Å². The summed E-state index contributed by atoms with van der Waals surface area (Å²) in [5.74, 6) is 1.40. The lowest BCUT2D eigenvalue weighted by atomic mass is 10.2. The highest BCUT2D eigenvalue weighted by molar-refractivity contribution is 6.04. The average molecular weight is 255 g/mol. The molecule has 1 aliphatic heterocycles. The van der Waals surface area contributed by atoms with Gasteiger partial charge in [-0.15, -0.1) is 0 Å². The minimum Gasteiger partial charge on any atom is -0.497 e. The Morgan fingerprint density at radius 2 is 1.84 bits per heavy atom. The number of rotatable bonds is 2. The van der Waals surface area contributed by atoms with Gasteiger partial charge in [0, 0.05) is 5.69 Å². The van der Waals surface area contributed by atoms with E-state index in [0.29, 0.717) is 0 Å². The standard InChI is InChI=1S/C15H13NO3/c1-18-12-8-6-11(7-9-12)16-13-4-2-3-5-14(13)19-10-15(16)17/h2-9H,10H2,1H3. The predicted octanol–water partition coefficient (Wildman–Crippen LogP) is 2.75. The Labute approximate surface area is 111 Å². The molecule has 19 heavy (non-hydrogen) atoms. The topological polar surface area (TPSA) is 38.8 Å². The molecule has 0 aliphatic carbocycles. The number of para-hydroxylation sites is 2. The number of anilines is 2. The molecular formula is C15H13NO3. The van der Waals surface area contributed by atoms with E-state index in [4.69, 9.17) is 9.47 Å². The van der Waals surface area contributed by atoms with Crippen LogP contribution in [0.5, 0.6) is 11.5 Å². The highest BCUT2D eigenvalue weighted by Crippen LogP contribution is 2.37. The molecule has 0 fully saturated rings. The fraction of sp³-hybridized carbons (Fsp3) is 0.133. The average Bonchev–Trinajstić information content (AvgIpc) is 2.47. The monoisotopic (exact) mass is 255 g/mol. The molecule has 4 heteroatoms. The van der Waals surface area contributed by atoms with E-state index >= 15 is 0 Å². The molecule has 3 rings (SSSR count). The Kier molecular flexibility index (Phi) is 2.83. The summed E-state index contributed by atoms with van der Waals surface area (Å²) < 4.78 is 10.5. The van der Waals surface area contributed by atoms with Crippen molar-refractivity contribution in [3.8, 4) is 11.5 Å². The summed E-state index contributed by atoms with van der Waals surface area (Å²) in [5, 5.41) is 0. The highest BCUT2D eigenvalue weighted by atomic mass is 16.5. The minimum absolute atomic E-state index is 0.0586. The fourth-order valence-corrected chi connectivity index (χ4v) is 2.12. The van der Waals surface area contributed by atoms with Crippen LogP contribution in [0.25, 0.3) is 0 Å². The van der Waals surface area contributed by atoms with Gasteiger partial charge in [0.15, 0.2) is 6.61 Å². The molecule has 0 bridgehead atoms. The maximum absolute atomic E-state index is 12.1. The Morgan fingerprint density at radius 1 is 1.11 bits per heavy atom. The number of benzene rings is 2. The van der Waals surface area contributed by atoms with Crippen LogP contribution in [0, 0.1) is 0 Å². The second-order valence-corrected chi connectivity index (χ2v) is 4.18. The minimum atomic E-state index is -0.0798. The van der Waals surface area contributed by atoms with E-state index < -0.39 is 0 Å². The van der Waals surface area contributed by atoms with Crippen LogP contribution < -0.4 is 14.4 Å². The molecule has 2 aromatic carbocycles. The van der Waals surface area contributed by atoms with Gasteiger partial charge in [-0.1, -0.05) is 12.1 Å². The lowest BCUT2D eigenvalue weighted by molar-refractivity contribution is -0.120. The molecule has 0 aromatic heterocycles. The molecule has 1 heterocycles. The molecular weight excluding hydrogens is 242 g/mol. The molecule has 2 aromatic rings. The van der Waals surface area contributed by atoms with Crippen LogP contribution in [-0.4, -0.2) is 19.6 Å². The van der Waals surface area contributed by atoms with Gasteiger partial charge in [-0.3, -0.25) is 9.69 Å². The van der Waals surface area contributed by atoms with Crippen LogP contribution in [0.2, 0.25) is 0 Å². The first-order valence-electron chi connectivity index (χ1n) is 5.98. The Bertz CT molecular complexity index is 607. The van der Waals surface area contributed by atoms with Gasteiger partial charge in [0.25, 0.3) is 5.91 Å². The van der Waals surface area contributed by atoms with Crippen molar-refractivity contribution >= 4 is 17.3 Å². The molecule has 0 spiro atoms. The predicted molar refractivity (Wildman–Crippen MR) is 72.1 cm³/mol. The summed E-state index contributed by atoms with van der Waals surface area (Å²) >= 11 is 0. The fourth-order valence-electron chi connectivity index (χ4n) is 2.12. The normalized spacial score (nSPS) is 13.7. The number of carbonyl (C=O) groups is 1. The van der Waals surface area contributed by atoms with Gasteiger partial charge >= 0.3 is 0 Å². The molecule has 4 nitrogen and oxygen atoms in total. The van der Waals surface area contributed by atoms with Crippen molar-refractivity contribution in [2.45, 2.75) is 0 Å². The van der Waals surface area contributed by atoms with E-state index in [0.717, 1.165) is 22.9 Å². The highest BCUT2D eigenvalue weighted by Gasteiger charge is 2.26. The number of amides is 1. The molecule has 0 saturated carbocycles. The third-order valence-electron chi connectivity index (χ3n) is 3.04. The third kappa shape index (κ3) is 2.01. The molecule has 0 N–H and O–H groups in total. The number of hydrogen-bond donors (Lipinski definition) is 0. The molecule has 0 radical (unpaired) electrons. The lowest BCUT2D eigenvalue weighted by Gasteiger charge is -2.29. The van der Waals surface area contributed by atoms with E-state index in [-0.39, 0.29) is 12.5 Å². The summed E-state index contributed by atoms with van der Waals surface area (Å²) in [7, 11) is 1.62. The van der Waals surface area contributed by atoms with Crippen LogP contribution in [0.3, 0.4) is 0 Å². The summed E-state index contributed by atoms with van der Waals surface area (Å²) in [6, 6.07) is 14.9. The molecule has 1 aliphatic rings. The van der Waals surface area contributed by atoms with Crippen LogP contribution in [-0.2, 0) is 4.79 Å². The first-order chi connectivity index (χ1) is 9.29. The third-order valence-corrected chi connectivity index (χ3v) is 3.04. The quantitative estimate of drug-likeness (QED) is 0.828. The smallest absolute Gasteiger partial charge is 0.269 e. The largest absolute Gasteiger partial charge is 0.497 e. The Hall–Kier alpha value is -2.49. The number of nitrogens with zero attached hydrogens (tertiary/aromatic N) is 1. The number of hydrogen-bond acceptors (Lipinski definition) is 3. The van der Waals surface area contributed by atoms with Crippen LogP contribution in [0.1, 0.15) is 0 Å². The summed E-state index contributed by atoms with van der Waals surface area (Å²) in [4.78, 5) is 13.7. The SMILES string of the molecule is COc1ccc(N2C(=O)COc3ccccc32)cc1. The van der Waals surface area contributed by atoms with Crippen LogP contribution in [0.4, 0.5) is 11.4 Å². The molecule has 0 unspecified atom stereocenters. The Balaban J connectivity index is 2.05.